The second kappa shape index (κ2) is 5.61. The molecule has 0 radical (unpaired) electrons. The molecule has 82 valence electrons. The minimum atomic E-state index is -0.340. The Hall–Kier alpha value is -1.22. The lowest BCUT2D eigenvalue weighted by Crippen LogP contribution is -1.96. The van der Waals surface area contributed by atoms with Crippen molar-refractivity contribution in [2.75, 3.05) is 14.2 Å². The summed E-state index contributed by atoms with van der Waals surface area (Å²) < 4.78 is 10.2. The molecule has 0 spiro atoms. The van der Waals surface area contributed by atoms with Crippen LogP contribution < -0.4 is 9.47 Å². The topological polar surface area (TPSA) is 35.5 Å². The highest BCUT2D eigenvalue weighted by atomic mass is 35.5. The fourth-order valence-electron chi connectivity index (χ4n) is 1.29. The maximum absolute atomic E-state index is 10.6. The predicted octanol–water partition coefficient (Wildman–Crippen LogP) is 2.40. The Morgan fingerprint density at radius 3 is 2.60 bits per heavy atom. The highest BCUT2D eigenvalue weighted by Gasteiger charge is 2.06. The molecule has 0 aliphatic rings. The number of carbonyl (C=O) groups excluding carboxylic acids is 1. The molecule has 3 nitrogen and oxygen atoms in total. The highest BCUT2D eigenvalue weighted by Crippen LogP contribution is 2.25. The van der Waals surface area contributed by atoms with Gasteiger partial charge in [0.2, 0.25) is 5.24 Å². The lowest BCUT2D eigenvalue weighted by molar-refractivity contribution is -0.111. The SMILES string of the molecule is COc1ccc(CCC(=O)Cl)c(OC)c1. The lowest BCUT2D eigenvalue weighted by atomic mass is 10.1. The Balaban J connectivity index is 2.82. The fraction of sp³-hybridized carbons (Fsp3) is 0.364. The number of aryl methyl sites for hydroxylation is 1. The van der Waals surface area contributed by atoms with E-state index in [2.05, 4.69) is 0 Å². The molecule has 0 aliphatic heterocycles. The molecule has 0 amide bonds. The third-order valence-corrected chi connectivity index (χ3v) is 2.27. The monoisotopic (exact) mass is 228 g/mol. The van der Waals surface area contributed by atoms with Crippen LogP contribution in [0.3, 0.4) is 0 Å². The maximum Gasteiger partial charge on any atom is 0.221 e. The molecule has 0 fully saturated rings. The number of rotatable bonds is 5. The zero-order valence-corrected chi connectivity index (χ0v) is 9.50. The molecule has 4 heteroatoms. The normalized spacial score (nSPS) is 9.80. The van der Waals surface area contributed by atoms with Crippen molar-refractivity contribution in [3.05, 3.63) is 23.8 Å². The molecular formula is C11H13ClO3. The zero-order valence-electron chi connectivity index (χ0n) is 8.75. The molecule has 0 aliphatic carbocycles. The van der Waals surface area contributed by atoms with Gasteiger partial charge in [0.15, 0.2) is 0 Å². The summed E-state index contributed by atoms with van der Waals surface area (Å²) in [6.07, 6.45) is 0.889. The Bertz CT molecular complexity index is 350. The second-order valence-corrected chi connectivity index (χ2v) is 3.45. The number of carbonyl (C=O) groups is 1. The van der Waals surface area contributed by atoms with E-state index in [1.807, 2.05) is 12.1 Å². The van der Waals surface area contributed by atoms with Gasteiger partial charge < -0.3 is 9.47 Å². The molecule has 1 aromatic carbocycles. The van der Waals surface area contributed by atoms with Crippen LogP contribution in [0.4, 0.5) is 0 Å². The first-order chi connectivity index (χ1) is 7.17. The fourth-order valence-corrected chi connectivity index (χ4v) is 1.39. The van der Waals surface area contributed by atoms with Crippen LogP contribution in [-0.2, 0) is 11.2 Å². The minimum absolute atomic E-state index is 0.310. The van der Waals surface area contributed by atoms with Crippen molar-refractivity contribution in [2.45, 2.75) is 12.8 Å². The molecule has 15 heavy (non-hydrogen) atoms. The molecule has 0 heterocycles. The molecule has 0 unspecified atom stereocenters. The smallest absolute Gasteiger partial charge is 0.221 e. The van der Waals surface area contributed by atoms with E-state index in [9.17, 15) is 4.79 Å². The Kier molecular flexibility index (Phi) is 4.43. The van der Waals surface area contributed by atoms with Gasteiger partial charge in [0, 0.05) is 12.5 Å². The van der Waals surface area contributed by atoms with E-state index >= 15 is 0 Å². The van der Waals surface area contributed by atoms with Gasteiger partial charge in [-0.3, -0.25) is 4.79 Å². The van der Waals surface area contributed by atoms with E-state index in [1.54, 1.807) is 20.3 Å². The van der Waals surface area contributed by atoms with E-state index in [0.717, 1.165) is 11.3 Å². The van der Waals surface area contributed by atoms with Gasteiger partial charge in [-0.15, -0.1) is 0 Å². The second-order valence-electron chi connectivity index (χ2n) is 3.03. The third kappa shape index (κ3) is 3.44. The van der Waals surface area contributed by atoms with Crippen molar-refractivity contribution < 1.29 is 14.3 Å². The Morgan fingerprint density at radius 1 is 1.33 bits per heavy atom. The van der Waals surface area contributed by atoms with Gasteiger partial charge in [0.1, 0.15) is 11.5 Å². The summed E-state index contributed by atoms with van der Waals surface area (Å²) >= 11 is 5.28. The number of hydrogen-bond acceptors (Lipinski definition) is 3. The zero-order chi connectivity index (χ0) is 11.3. The molecule has 0 saturated heterocycles. The van der Waals surface area contributed by atoms with Crippen LogP contribution in [0.25, 0.3) is 0 Å². The van der Waals surface area contributed by atoms with Crippen molar-refractivity contribution in [3.8, 4) is 11.5 Å². The Labute approximate surface area is 93.9 Å². The average Bonchev–Trinajstić information content (AvgIpc) is 2.25. The largest absolute Gasteiger partial charge is 0.497 e. The van der Waals surface area contributed by atoms with E-state index in [4.69, 9.17) is 21.1 Å². The van der Waals surface area contributed by atoms with Crippen LogP contribution in [0.2, 0.25) is 0 Å². The van der Waals surface area contributed by atoms with Gasteiger partial charge in [0.05, 0.1) is 14.2 Å². The van der Waals surface area contributed by atoms with Crippen LogP contribution in [-0.4, -0.2) is 19.5 Å². The molecule has 0 bridgehead atoms. The van der Waals surface area contributed by atoms with Crippen molar-refractivity contribution in [2.24, 2.45) is 0 Å². The van der Waals surface area contributed by atoms with Crippen LogP contribution in [0.15, 0.2) is 18.2 Å². The van der Waals surface area contributed by atoms with Crippen molar-refractivity contribution in [1.82, 2.24) is 0 Å². The van der Waals surface area contributed by atoms with Crippen LogP contribution in [0.5, 0.6) is 11.5 Å². The summed E-state index contributed by atoms with van der Waals surface area (Å²) in [6, 6.07) is 5.49. The van der Waals surface area contributed by atoms with Crippen LogP contribution >= 0.6 is 11.6 Å². The minimum Gasteiger partial charge on any atom is -0.497 e. The van der Waals surface area contributed by atoms with Crippen LogP contribution in [0, 0.1) is 0 Å². The highest BCUT2D eigenvalue weighted by molar-refractivity contribution is 6.63. The van der Waals surface area contributed by atoms with Gasteiger partial charge in [-0.1, -0.05) is 6.07 Å². The third-order valence-electron chi connectivity index (χ3n) is 2.09. The number of benzene rings is 1. The van der Waals surface area contributed by atoms with Gasteiger partial charge in [-0.25, -0.2) is 0 Å². The molecule has 1 aromatic rings. The van der Waals surface area contributed by atoms with E-state index in [-0.39, 0.29) is 5.24 Å². The summed E-state index contributed by atoms with van der Waals surface area (Å²) in [7, 11) is 3.18. The number of hydrogen-bond donors (Lipinski definition) is 0. The molecular weight excluding hydrogens is 216 g/mol. The first-order valence-corrected chi connectivity index (χ1v) is 4.94. The molecule has 1 rings (SSSR count). The maximum atomic E-state index is 10.6. The van der Waals surface area contributed by atoms with Crippen molar-refractivity contribution in [3.63, 3.8) is 0 Å². The first kappa shape index (κ1) is 11.9. The standard InChI is InChI=1S/C11H13ClO3/c1-14-9-5-3-8(4-6-11(12)13)10(7-9)15-2/h3,5,7H,4,6H2,1-2H3. The summed E-state index contributed by atoms with van der Waals surface area (Å²) in [5.74, 6) is 1.44. The van der Waals surface area contributed by atoms with Crippen molar-refractivity contribution >= 4 is 16.8 Å². The molecule has 0 N–H and O–H groups in total. The quantitative estimate of drug-likeness (QED) is 0.726. The van der Waals surface area contributed by atoms with Gasteiger partial charge in [0.25, 0.3) is 0 Å². The van der Waals surface area contributed by atoms with Gasteiger partial charge in [-0.2, -0.15) is 0 Å². The van der Waals surface area contributed by atoms with E-state index in [0.29, 0.717) is 18.6 Å². The molecule has 0 atom stereocenters. The number of methoxy groups -OCH3 is 2. The first-order valence-electron chi connectivity index (χ1n) is 4.56. The summed E-state index contributed by atoms with van der Waals surface area (Å²) in [4.78, 5) is 10.6. The average molecular weight is 229 g/mol. The lowest BCUT2D eigenvalue weighted by Gasteiger charge is -2.09. The Morgan fingerprint density at radius 2 is 2.07 bits per heavy atom. The molecule has 0 saturated carbocycles. The van der Waals surface area contributed by atoms with Crippen LogP contribution in [0.1, 0.15) is 12.0 Å². The summed E-state index contributed by atoms with van der Waals surface area (Å²) in [6.45, 7) is 0. The predicted molar refractivity (Wildman–Crippen MR) is 58.7 cm³/mol. The van der Waals surface area contributed by atoms with E-state index in [1.165, 1.54) is 0 Å². The van der Waals surface area contributed by atoms with Crippen molar-refractivity contribution in [1.29, 1.82) is 0 Å². The summed E-state index contributed by atoms with van der Waals surface area (Å²) in [5, 5.41) is -0.340. The van der Waals surface area contributed by atoms with Gasteiger partial charge in [-0.05, 0) is 29.7 Å². The molecule has 0 aromatic heterocycles. The van der Waals surface area contributed by atoms with Gasteiger partial charge >= 0.3 is 0 Å². The van der Waals surface area contributed by atoms with E-state index < -0.39 is 0 Å². The summed E-state index contributed by atoms with van der Waals surface area (Å²) in [5.41, 5.74) is 0.951. The number of ether oxygens (including phenoxy) is 2. The number of halogens is 1.